The number of carbonyl (C=O) groups is 5. The number of rotatable bonds is 13. The summed E-state index contributed by atoms with van der Waals surface area (Å²) in [7, 11) is 0. The fourth-order valence-electron chi connectivity index (χ4n) is 3.00. The van der Waals surface area contributed by atoms with Crippen molar-refractivity contribution in [2.75, 3.05) is 0 Å². The van der Waals surface area contributed by atoms with Crippen molar-refractivity contribution in [3.63, 3.8) is 0 Å². The molecular formula is C22H33N5O7. The van der Waals surface area contributed by atoms with Gasteiger partial charge in [-0.1, -0.05) is 32.4 Å². The van der Waals surface area contributed by atoms with E-state index in [1.807, 2.05) is 0 Å². The quantitative estimate of drug-likeness (QED) is 0.181. The van der Waals surface area contributed by atoms with Gasteiger partial charge in [0.05, 0.1) is 12.5 Å². The fraction of sp³-hybridized carbons (Fsp3) is 0.500. The third-order valence-electron chi connectivity index (χ3n) is 5.24. The number of hydrogen-bond acceptors (Lipinski definition) is 7. The molecule has 188 valence electrons. The molecule has 34 heavy (non-hydrogen) atoms. The number of carboxylic acids is 1. The fourth-order valence-corrected chi connectivity index (χ4v) is 3.00. The predicted octanol–water partition coefficient (Wildman–Crippen LogP) is -1.26. The second kappa shape index (κ2) is 13.1. The summed E-state index contributed by atoms with van der Waals surface area (Å²) < 4.78 is 0. The van der Waals surface area contributed by atoms with Crippen molar-refractivity contribution in [1.82, 2.24) is 16.0 Å². The molecule has 1 aromatic carbocycles. The van der Waals surface area contributed by atoms with Gasteiger partial charge >= 0.3 is 5.97 Å². The molecule has 4 amide bonds. The van der Waals surface area contributed by atoms with Gasteiger partial charge in [0.2, 0.25) is 23.6 Å². The van der Waals surface area contributed by atoms with Crippen LogP contribution in [0.3, 0.4) is 0 Å². The van der Waals surface area contributed by atoms with Crippen molar-refractivity contribution < 1.29 is 34.2 Å². The van der Waals surface area contributed by atoms with Crippen molar-refractivity contribution >= 4 is 29.6 Å². The predicted molar refractivity (Wildman–Crippen MR) is 122 cm³/mol. The first-order valence-corrected chi connectivity index (χ1v) is 10.8. The smallest absolute Gasteiger partial charge is 0.326 e. The standard InChI is InChI=1S/C22H33N5O7/c1-4-11(2)18(22(33)34)27-21(32)16(10-17(24)29)26-20(31)15(25-19(30)12(3)23)9-13-5-7-14(28)8-6-13/h5-8,11-12,15-16,18,28H,4,9-10,23H2,1-3H3,(H2,24,29)(H,25,30)(H,26,31)(H,27,32)(H,33,34). The van der Waals surface area contributed by atoms with Crippen LogP contribution in [0.15, 0.2) is 24.3 Å². The number of carboxylic acid groups (broad SMARTS) is 1. The van der Waals surface area contributed by atoms with Crippen LogP contribution in [-0.2, 0) is 30.4 Å². The maximum absolute atomic E-state index is 13.0. The van der Waals surface area contributed by atoms with Gasteiger partial charge in [0.25, 0.3) is 0 Å². The molecule has 1 rings (SSSR count). The van der Waals surface area contributed by atoms with Gasteiger partial charge in [0.15, 0.2) is 0 Å². The summed E-state index contributed by atoms with van der Waals surface area (Å²) in [6.07, 6.45) is -0.139. The van der Waals surface area contributed by atoms with Gasteiger partial charge < -0.3 is 37.6 Å². The van der Waals surface area contributed by atoms with Crippen LogP contribution in [0.5, 0.6) is 5.75 Å². The molecular weight excluding hydrogens is 446 g/mol. The van der Waals surface area contributed by atoms with Gasteiger partial charge in [0.1, 0.15) is 23.9 Å². The molecule has 0 bridgehead atoms. The van der Waals surface area contributed by atoms with Crippen molar-refractivity contribution in [3.8, 4) is 5.75 Å². The molecule has 0 aliphatic carbocycles. The first-order chi connectivity index (χ1) is 15.8. The van der Waals surface area contributed by atoms with Crippen LogP contribution in [0, 0.1) is 5.92 Å². The summed E-state index contributed by atoms with van der Waals surface area (Å²) >= 11 is 0. The Morgan fingerprint density at radius 2 is 1.44 bits per heavy atom. The van der Waals surface area contributed by atoms with E-state index in [2.05, 4.69) is 16.0 Å². The molecule has 12 nitrogen and oxygen atoms in total. The third-order valence-corrected chi connectivity index (χ3v) is 5.24. The Hall–Kier alpha value is -3.67. The van der Waals surface area contributed by atoms with Crippen LogP contribution >= 0.6 is 0 Å². The molecule has 0 aliphatic rings. The lowest BCUT2D eigenvalue weighted by atomic mass is 9.98. The minimum atomic E-state index is -1.47. The molecule has 0 aromatic heterocycles. The number of hydrogen-bond donors (Lipinski definition) is 7. The van der Waals surface area contributed by atoms with E-state index in [0.29, 0.717) is 12.0 Å². The molecule has 0 aliphatic heterocycles. The molecule has 0 saturated carbocycles. The minimum absolute atomic E-state index is 0.0110. The number of phenolic OH excluding ortho intramolecular Hbond substituents is 1. The van der Waals surface area contributed by atoms with Crippen LogP contribution < -0.4 is 27.4 Å². The molecule has 0 saturated heterocycles. The Bertz CT molecular complexity index is 888. The first kappa shape index (κ1) is 28.4. The highest BCUT2D eigenvalue weighted by atomic mass is 16.4. The van der Waals surface area contributed by atoms with E-state index in [-0.39, 0.29) is 12.2 Å². The number of benzene rings is 1. The van der Waals surface area contributed by atoms with E-state index in [1.165, 1.54) is 19.1 Å². The number of phenols is 1. The van der Waals surface area contributed by atoms with Crippen LogP contribution in [0.2, 0.25) is 0 Å². The zero-order chi connectivity index (χ0) is 26.0. The summed E-state index contributed by atoms with van der Waals surface area (Å²) in [5, 5.41) is 26.1. The second-order valence-corrected chi connectivity index (χ2v) is 8.16. The zero-order valence-electron chi connectivity index (χ0n) is 19.4. The summed E-state index contributed by atoms with van der Waals surface area (Å²) in [5.74, 6) is -4.90. The number of aliphatic carboxylic acids is 1. The van der Waals surface area contributed by atoms with Gasteiger partial charge in [0, 0.05) is 6.42 Å². The Labute approximate surface area is 197 Å². The average Bonchev–Trinajstić information content (AvgIpc) is 2.76. The third kappa shape index (κ3) is 9.06. The lowest BCUT2D eigenvalue weighted by Gasteiger charge is -2.26. The number of nitrogens with one attached hydrogen (secondary N) is 3. The normalized spacial score (nSPS) is 15.2. The van der Waals surface area contributed by atoms with E-state index in [9.17, 15) is 34.2 Å². The number of nitrogens with two attached hydrogens (primary N) is 2. The van der Waals surface area contributed by atoms with E-state index in [4.69, 9.17) is 11.5 Å². The lowest BCUT2D eigenvalue weighted by Crippen LogP contribution is -2.58. The van der Waals surface area contributed by atoms with Crippen LogP contribution in [0.25, 0.3) is 0 Å². The van der Waals surface area contributed by atoms with Crippen molar-refractivity contribution in [1.29, 1.82) is 0 Å². The molecule has 5 unspecified atom stereocenters. The summed E-state index contributed by atoms with van der Waals surface area (Å²) in [4.78, 5) is 61.0. The molecule has 9 N–H and O–H groups in total. The van der Waals surface area contributed by atoms with Crippen molar-refractivity contribution in [2.45, 2.75) is 64.2 Å². The SMILES string of the molecule is CCC(C)C(NC(=O)C(CC(N)=O)NC(=O)C(Cc1ccc(O)cc1)NC(=O)C(C)N)C(=O)O. The maximum Gasteiger partial charge on any atom is 0.326 e. The highest BCUT2D eigenvalue weighted by Gasteiger charge is 2.32. The highest BCUT2D eigenvalue weighted by Crippen LogP contribution is 2.12. The van der Waals surface area contributed by atoms with Crippen LogP contribution in [-0.4, -0.2) is 64.0 Å². The Kier molecular flexibility index (Phi) is 11.0. The largest absolute Gasteiger partial charge is 0.508 e. The minimum Gasteiger partial charge on any atom is -0.508 e. The molecule has 0 spiro atoms. The molecule has 0 radical (unpaired) electrons. The van der Waals surface area contributed by atoms with E-state index in [0.717, 1.165) is 0 Å². The van der Waals surface area contributed by atoms with Gasteiger partial charge in [-0.3, -0.25) is 19.2 Å². The zero-order valence-corrected chi connectivity index (χ0v) is 19.4. The van der Waals surface area contributed by atoms with Crippen molar-refractivity contribution in [3.05, 3.63) is 29.8 Å². The summed E-state index contributed by atoms with van der Waals surface area (Å²) in [6, 6.07) is 1.09. The Morgan fingerprint density at radius 3 is 1.91 bits per heavy atom. The highest BCUT2D eigenvalue weighted by molar-refractivity contribution is 5.96. The summed E-state index contributed by atoms with van der Waals surface area (Å²) in [6.45, 7) is 4.82. The van der Waals surface area contributed by atoms with E-state index < -0.39 is 66.1 Å². The van der Waals surface area contributed by atoms with Gasteiger partial charge in [-0.25, -0.2) is 4.79 Å². The Morgan fingerprint density at radius 1 is 0.912 bits per heavy atom. The molecule has 1 aromatic rings. The number of amides is 4. The molecule has 0 fully saturated rings. The number of aromatic hydroxyl groups is 1. The van der Waals surface area contributed by atoms with E-state index in [1.54, 1.807) is 26.0 Å². The van der Waals surface area contributed by atoms with Gasteiger partial charge in [-0.2, -0.15) is 0 Å². The second-order valence-electron chi connectivity index (χ2n) is 8.16. The topological polar surface area (TPSA) is 214 Å². The first-order valence-electron chi connectivity index (χ1n) is 10.8. The molecule has 12 heteroatoms. The Balaban J connectivity index is 3.12. The van der Waals surface area contributed by atoms with Crippen LogP contribution in [0.1, 0.15) is 39.2 Å². The monoisotopic (exact) mass is 479 g/mol. The summed E-state index contributed by atoms with van der Waals surface area (Å²) in [5.41, 5.74) is 11.4. The van der Waals surface area contributed by atoms with Crippen LogP contribution in [0.4, 0.5) is 0 Å². The maximum atomic E-state index is 13.0. The molecule has 0 heterocycles. The number of carbonyl (C=O) groups excluding carboxylic acids is 4. The van der Waals surface area contributed by atoms with Gasteiger partial charge in [-0.15, -0.1) is 0 Å². The number of primary amides is 1. The average molecular weight is 480 g/mol. The molecule has 5 atom stereocenters. The van der Waals surface area contributed by atoms with Crippen molar-refractivity contribution in [2.24, 2.45) is 17.4 Å². The van der Waals surface area contributed by atoms with Gasteiger partial charge in [-0.05, 0) is 30.5 Å². The van der Waals surface area contributed by atoms with E-state index >= 15 is 0 Å². The lowest BCUT2D eigenvalue weighted by molar-refractivity contribution is -0.144.